The van der Waals surface area contributed by atoms with E-state index in [1.165, 1.54) is 11.3 Å². The van der Waals surface area contributed by atoms with E-state index in [4.69, 9.17) is 4.74 Å². The van der Waals surface area contributed by atoms with Crippen LogP contribution in [0.3, 0.4) is 0 Å². The first kappa shape index (κ1) is 17.5. The molecule has 0 radical (unpaired) electrons. The number of ketones is 1. The molecule has 0 saturated heterocycles. The molecule has 2 heterocycles. The molecule has 0 aliphatic heterocycles. The molecule has 0 fully saturated rings. The first-order chi connectivity index (χ1) is 12.3. The Balaban J connectivity index is 1.74. The molecule has 0 amide bonds. The maximum absolute atomic E-state index is 12.1. The molecule has 0 spiro atoms. The normalized spacial score (nSPS) is 10.9. The summed E-state index contributed by atoms with van der Waals surface area (Å²) in [6, 6.07) is 15.5. The quantitative estimate of drug-likeness (QED) is 0.321. The summed E-state index contributed by atoms with van der Waals surface area (Å²) < 4.78 is 5.45. The van der Waals surface area contributed by atoms with E-state index in [0.29, 0.717) is 0 Å². The SMILES string of the molecule is COc1ccc(/C=C/C(=O)c2cccs2)cc1CSc1ccccn1. The molecule has 5 heteroatoms. The van der Waals surface area contributed by atoms with Crippen LogP contribution < -0.4 is 4.74 Å². The molecule has 0 aliphatic carbocycles. The van der Waals surface area contributed by atoms with Crippen molar-refractivity contribution in [3.8, 4) is 5.75 Å². The molecule has 0 saturated carbocycles. The molecular weight excluding hydrogens is 350 g/mol. The van der Waals surface area contributed by atoms with E-state index in [0.717, 1.165) is 32.5 Å². The summed E-state index contributed by atoms with van der Waals surface area (Å²) in [5.74, 6) is 1.61. The number of nitrogens with zero attached hydrogens (tertiary/aromatic N) is 1. The molecule has 2 aromatic heterocycles. The second-order valence-electron chi connectivity index (χ2n) is 5.20. The molecule has 1 aromatic carbocycles. The zero-order valence-electron chi connectivity index (χ0n) is 13.7. The smallest absolute Gasteiger partial charge is 0.195 e. The van der Waals surface area contributed by atoms with Crippen LogP contribution in [-0.4, -0.2) is 17.9 Å². The average Bonchev–Trinajstić information content (AvgIpc) is 3.20. The van der Waals surface area contributed by atoms with Crippen molar-refractivity contribution in [3.05, 3.63) is 82.2 Å². The van der Waals surface area contributed by atoms with Crippen LogP contribution in [0.4, 0.5) is 0 Å². The van der Waals surface area contributed by atoms with Crippen LogP contribution in [0.1, 0.15) is 20.8 Å². The van der Waals surface area contributed by atoms with Gasteiger partial charge in [-0.05, 0) is 47.4 Å². The maximum atomic E-state index is 12.1. The third kappa shape index (κ3) is 4.81. The Labute approximate surface area is 155 Å². The summed E-state index contributed by atoms with van der Waals surface area (Å²) in [7, 11) is 1.67. The van der Waals surface area contributed by atoms with Crippen LogP contribution in [0, 0.1) is 0 Å². The van der Waals surface area contributed by atoms with Gasteiger partial charge in [-0.3, -0.25) is 4.79 Å². The summed E-state index contributed by atoms with van der Waals surface area (Å²) in [5, 5.41) is 2.87. The lowest BCUT2D eigenvalue weighted by Gasteiger charge is -2.09. The Morgan fingerprint density at radius 2 is 2.16 bits per heavy atom. The third-order valence-corrected chi connectivity index (χ3v) is 5.39. The number of rotatable bonds is 7. The average molecular weight is 367 g/mol. The number of ether oxygens (including phenoxy) is 1. The van der Waals surface area contributed by atoms with Gasteiger partial charge in [0.1, 0.15) is 5.75 Å². The van der Waals surface area contributed by atoms with Crippen LogP contribution in [0.25, 0.3) is 6.08 Å². The van der Waals surface area contributed by atoms with E-state index in [1.807, 2.05) is 60.0 Å². The Kier molecular flexibility index (Phi) is 6.04. The first-order valence-corrected chi connectivity index (χ1v) is 9.59. The van der Waals surface area contributed by atoms with Crippen LogP contribution in [0.15, 0.2) is 71.2 Å². The number of carbonyl (C=O) groups excluding carboxylic acids is 1. The van der Waals surface area contributed by atoms with Gasteiger partial charge < -0.3 is 4.74 Å². The minimum atomic E-state index is 0.0234. The van der Waals surface area contributed by atoms with Crippen LogP contribution >= 0.6 is 23.1 Å². The lowest BCUT2D eigenvalue weighted by atomic mass is 10.1. The van der Waals surface area contributed by atoms with E-state index in [1.54, 1.807) is 31.1 Å². The fourth-order valence-electron chi connectivity index (χ4n) is 2.27. The van der Waals surface area contributed by atoms with E-state index < -0.39 is 0 Å². The molecule has 0 unspecified atom stereocenters. The van der Waals surface area contributed by atoms with Gasteiger partial charge in [0.2, 0.25) is 0 Å². The van der Waals surface area contributed by atoms with Gasteiger partial charge in [-0.15, -0.1) is 23.1 Å². The number of carbonyl (C=O) groups is 1. The Morgan fingerprint density at radius 3 is 2.88 bits per heavy atom. The van der Waals surface area contributed by atoms with E-state index in [2.05, 4.69) is 4.98 Å². The molecule has 0 atom stereocenters. The number of thioether (sulfide) groups is 1. The molecular formula is C20H17NO2S2. The van der Waals surface area contributed by atoms with Crippen molar-refractivity contribution in [1.29, 1.82) is 0 Å². The van der Waals surface area contributed by atoms with Gasteiger partial charge in [0.15, 0.2) is 5.78 Å². The number of hydrogen-bond donors (Lipinski definition) is 0. The summed E-state index contributed by atoms with van der Waals surface area (Å²) in [6.45, 7) is 0. The summed E-state index contributed by atoms with van der Waals surface area (Å²) >= 11 is 3.10. The highest BCUT2D eigenvalue weighted by atomic mass is 32.2. The minimum absolute atomic E-state index is 0.0234. The standard InChI is InChI=1S/C20H17NO2S2/c1-23-18-10-8-15(7-9-17(22)19-5-4-12-24-19)13-16(18)14-25-20-6-2-3-11-21-20/h2-13H,14H2,1H3/b9-7+. The number of aromatic nitrogens is 1. The number of hydrogen-bond acceptors (Lipinski definition) is 5. The van der Waals surface area contributed by atoms with Crippen LogP contribution in [0.2, 0.25) is 0 Å². The zero-order valence-corrected chi connectivity index (χ0v) is 15.3. The molecule has 25 heavy (non-hydrogen) atoms. The van der Waals surface area contributed by atoms with Gasteiger partial charge in [-0.25, -0.2) is 4.98 Å². The monoisotopic (exact) mass is 367 g/mol. The number of allylic oxidation sites excluding steroid dienone is 1. The fourth-order valence-corrected chi connectivity index (χ4v) is 3.76. The Morgan fingerprint density at radius 1 is 1.24 bits per heavy atom. The third-order valence-electron chi connectivity index (χ3n) is 3.51. The predicted molar refractivity (Wildman–Crippen MR) is 104 cm³/mol. The molecule has 126 valence electrons. The Bertz CT molecular complexity index is 859. The van der Waals surface area contributed by atoms with Gasteiger partial charge in [0, 0.05) is 17.5 Å². The molecule has 0 bridgehead atoms. The van der Waals surface area contributed by atoms with Gasteiger partial charge in [0.05, 0.1) is 17.0 Å². The highest BCUT2D eigenvalue weighted by Crippen LogP contribution is 2.28. The number of pyridine rings is 1. The zero-order chi connectivity index (χ0) is 17.5. The topological polar surface area (TPSA) is 39.2 Å². The number of benzene rings is 1. The second kappa shape index (κ2) is 8.65. The molecule has 3 rings (SSSR count). The van der Waals surface area contributed by atoms with Crippen LogP contribution in [0.5, 0.6) is 5.75 Å². The number of thiophene rings is 1. The molecule has 3 aromatic rings. The highest BCUT2D eigenvalue weighted by Gasteiger charge is 2.06. The van der Waals surface area contributed by atoms with Gasteiger partial charge in [-0.2, -0.15) is 0 Å². The van der Waals surface area contributed by atoms with Gasteiger partial charge >= 0.3 is 0 Å². The van der Waals surface area contributed by atoms with E-state index >= 15 is 0 Å². The largest absolute Gasteiger partial charge is 0.496 e. The van der Waals surface area contributed by atoms with E-state index in [-0.39, 0.29) is 5.78 Å². The molecule has 0 N–H and O–H groups in total. The minimum Gasteiger partial charge on any atom is -0.496 e. The van der Waals surface area contributed by atoms with Crippen molar-refractivity contribution in [2.24, 2.45) is 0 Å². The fraction of sp³-hybridized carbons (Fsp3) is 0.100. The van der Waals surface area contributed by atoms with Gasteiger partial charge in [0.25, 0.3) is 0 Å². The van der Waals surface area contributed by atoms with E-state index in [9.17, 15) is 4.79 Å². The van der Waals surface area contributed by atoms with Gasteiger partial charge in [-0.1, -0.05) is 24.3 Å². The van der Waals surface area contributed by atoms with Crippen LogP contribution in [-0.2, 0) is 5.75 Å². The van der Waals surface area contributed by atoms with Crippen molar-refractivity contribution in [2.75, 3.05) is 7.11 Å². The Hall–Kier alpha value is -2.37. The van der Waals surface area contributed by atoms with Crippen molar-refractivity contribution in [1.82, 2.24) is 4.98 Å². The lowest BCUT2D eigenvalue weighted by molar-refractivity contribution is 0.105. The first-order valence-electron chi connectivity index (χ1n) is 7.73. The van der Waals surface area contributed by atoms with Crippen molar-refractivity contribution in [3.63, 3.8) is 0 Å². The molecule has 0 aliphatic rings. The highest BCUT2D eigenvalue weighted by molar-refractivity contribution is 7.98. The van der Waals surface area contributed by atoms with Crippen molar-refractivity contribution in [2.45, 2.75) is 10.8 Å². The summed E-state index contributed by atoms with van der Waals surface area (Å²) in [4.78, 5) is 17.2. The summed E-state index contributed by atoms with van der Waals surface area (Å²) in [6.07, 6.45) is 5.24. The predicted octanol–water partition coefficient (Wildman–Crippen LogP) is 5.34. The lowest BCUT2D eigenvalue weighted by Crippen LogP contribution is -1.93. The van der Waals surface area contributed by atoms with Crippen molar-refractivity contribution < 1.29 is 9.53 Å². The second-order valence-corrected chi connectivity index (χ2v) is 7.15. The number of methoxy groups -OCH3 is 1. The summed E-state index contributed by atoms with van der Waals surface area (Å²) in [5.41, 5.74) is 2.05. The van der Waals surface area contributed by atoms with Crippen molar-refractivity contribution >= 4 is 35.0 Å². The maximum Gasteiger partial charge on any atom is 0.195 e. The molecule has 3 nitrogen and oxygen atoms in total.